The normalized spacial score (nSPS) is 13.1. The van der Waals surface area contributed by atoms with Crippen LogP contribution in [-0.4, -0.2) is 14.9 Å². The molecule has 0 aliphatic rings. The SMILES string of the molecule is Cn1cc(C(O)c2cc3cccc(Br)c3o2)cn1. The Bertz CT molecular complexity index is 702. The van der Waals surface area contributed by atoms with Crippen molar-refractivity contribution in [1.82, 2.24) is 9.78 Å². The number of aromatic nitrogens is 2. The molecule has 0 amide bonds. The monoisotopic (exact) mass is 306 g/mol. The average Bonchev–Trinajstić information content (AvgIpc) is 2.95. The first-order chi connectivity index (χ1) is 8.65. The lowest BCUT2D eigenvalue weighted by atomic mass is 10.1. The van der Waals surface area contributed by atoms with Crippen molar-refractivity contribution < 1.29 is 9.52 Å². The summed E-state index contributed by atoms with van der Waals surface area (Å²) in [6.45, 7) is 0. The Morgan fingerprint density at radius 1 is 1.44 bits per heavy atom. The van der Waals surface area contributed by atoms with E-state index in [0.29, 0.717) is 11.3 Å². The van der Waals surface area contributed by atoms with E-state index in [9.17, 15) is 5.11 Å². The number of hydrogen-bond donors (Lipinski definition) is 1. The van der Waals surface area contributed by atoms with Gasteiger partial charge in [0.2, 0.25) is 0 Å². The summed E-state index contributed by atoms with van der Waals surface area (Å²) in [5, 5.41) is 15.2. The first-order valence-corrected chi connectivity index (χ1v) is 6.29. The van der Waals surface area contributed by atoms with Gasteiger partial charge in [-0.15, -0.1) is 0 Å². The molecule has 1 atom stereocenters. The number of hydrogen-bond acceptors (Lipinski definition) is 3. The molecule has 1 aromatic carbocycles. The van der Waals surface area contributed by atoms with Gasteiger partial charge in [-0.05, 0) is 28.1 Å². The van der Waals surface area contributed by atoms with Gasteiger partial charge in [0.25, 0.3) is 0 Å². The van der Waals surface area contributed by atoms with Crippen molar-refractivity contribution in [3.05, 3.63) is 52.5 Å². The minimum Gasteiger partial charge on any atom is -0.457 e. The number of aliphatic hydroxyl groups excluding tert-OH is 1. The molecule has 2 aromatic heterocycles. The van der Waals surface area contributed by atoms with Crippen LogP contribution in [0.1, 0.15) is 17.4 Å². The van der Waals surface area contributed by atoms with E-state index in [4.69, 9.17) is 4.42 Å². The van der Waals surface area contributed by atoms with Gasteiger partial charge in [-0.3, -0.25) is 4.68 Å². The smallest absolute Gasteiger partial charge is 0.148 e. The van der Waals surface area contributed by atoms with Gasteiger partial charge in [0, 0.05) is 24.2 Å². The summed E-state index contributed by atoms with van der Waals surface area (Å²) in [4.78, 5) is 0. The number of aliphatic hydroxyl groups is 1. The van der Waals surface area contributed by atoms with Crippen LogP contribution in [0, 0.1) is 0 Å². The highest BCUT2D eigenvalue weighted by molar-refractivity contribution is 9.10. The number of fused-ring (bicyclic) bond motifs is 1. The van der Waals surface area contributed by atoms with Crippen molar-refractivity contribution in [3.63, 3.8) is 0 Å². The Morgan fingerprint density at radius 3 is 2.94 bits per heavy atom. The Morgan fingerprint density at radius 2 is 2.28 bits per heavy atom. The summed E-state index contributed by atoms with van der Waals surface area (Å²) >= 11 is 3.43. The molecule has 0 saturated carbocycles. The highest BCUT2D eigenvalue weighted by atomic mass is 79.9. The van der Waals surface area contributed by atoms with Gasteiger partial charge >= 0.3 is 0 Å². The molecule has 0 radical (unpaired) electrons. The van der Waals surface area contributed by atoms with Crippen LogP contribution < -0.4 is 0 Å². The van der Waals surface area contributed by atoms with E-state index in [-0.39, 0.29) is 0 Å². The predicted molar refractivity (Wildman–Crippen MR) is 71.2 cm³/mol. The minimum atomic E-state index is -0.794. The van der Waals surface area contributed by atoms with Crippen LogP contribution in [0.4, 0.5) is 0 Å². The first-order valence-electron chi connectivity index (χ1n) is 5.50. The van der Waals surface area contributed by atoms with E-state index in [1.54, 1.807) is 17.1 Å². The molecular formula is C13H11BrN2O2. The largest absolute Gasteiger partial charge is 0.457 e. The predicted octanol–water partition coefficient (Wildman–Crippen LogP) is 3.01. The summed E-state index contributed by atoms with van der Waals surface area (Å²) in [7, 11) is 1.81. The molecule has 0 fully saturated rings. The third-order valence-corrected chi connectivity index (χ3v) is 3.45. The molecule has 3 aromatic rings. The Hall–Kier alpha value is -1.59. The molecule has 0 bridgehead atoms. The van der Waals surface area contributed by atoms with Crippen molar-refractivity contribution in [2.24, 2.45) is 7.05 Å². The van der Waals surface area contributed by atoms with Crippen LogP contribution >= 0.6 is 15.9 Å². The number of benzene rings is 1. The molecule has 0 saturated heterocycles. The molecule has 0 aliphatic carbocycles. The van der Waals surface area contributed by atoms with Gasteiger partial charge in [0.1, 0.15) is 17.4 Å². The quantitative estimate of drug-likeness (QED) is 0.792. The average molecular weight is 307 g/mol. The van der Waals surface area contributed by atoms with Gasteiger partial charge in [0.05, 0.1) is 10.7 Å². The molecule has 92 valence electrons. The molecule has 3 rings (SSSR count). The lowest BCUT2D eigenvalue weighted by Gasteiger charge is -2.03. The Kier molecular flexibility index (Phi) is 2.72. The molecule has 0 aliphatic heterocycles. The van der Waals surface area contributed by atoms with E-state index in [0.717, 1.165) is 15.4 Å². The molecule has 1 N–H and O–H groups in total. The fourth-order valence-electron chi connectivity index (χ4n) is 1.93. The molecule has 2 heterocycles. The third-order valence-electron chi connectivity index (χ3n) is 2.83. The van der Waals surface area contributed by atoms with Crippen molar-refractivity contribution in [2.45, 2.75) is 6.10 Å². The second-order valence-corrected chi connectivity index (χ2v) is 5.01. The van der Waals surface area contributed by atoms with Crippen molar-refractivity contribution in [1.29, 1.82) is 0 Å². The van der Waals surface area contributed by atoms with E-state index < -0.39 is 6.10 Å². The third kappa shape index (κ3) is 1.85. The van der Waals surface area contributed by atoms with E-state index in [1.807, 2.05) is 31.3 Å². The van der Waals surface area contributed by atoms with Crippen LogP contribution in [0.2, 0.25) is 0 Å². The number of rotatable bonds is 2. The first kappa shape index (κ1) is 11.5. The van der Waals surface area contributed by atoms with Crippen molar-refractivity contribution in [3.8, 4) is 0 Å². The summed E-state index contributed by atoms with van der Waals surface area (Å²) in [6, 6.07) is 7.63. The molecular weight excluding hydrogens is 296 g/mol. The maximum atomic E-state index is 10.2. The number of nitrogens with zero attached hydrogens (tertiary/aromatic N) is 2. The fraction of sp³-hybridized carbons (Fsp3) is 0.154. The fourth-order valence-corrected chi connectivity index (χ4v) is 2.39. The number of halogens is 1. The summed E-state index contributed by atoms with van der Waals surface area (Å²) in [5.74, 6) is 0.518. The highest BCUT2D eigenvalue weighted by Gasteiger charge is 2.17. The number of para-hydroxylation sites is 1. The molecule has 0 spiro atoms. The number of aryl methyl sites for hydroxylation is 1. The zero-order valence-corrected chi connectivity index (χ0v) is 11.3. The molecule has 1 unspecified atom stereocenters. The van der Waals surface area contributed by atoms with Crippen LogP contribution in [0.5, 0.6) is 0 Å². The molecule has 4 nitrogen and oxygen atoms in total. The van der Waals surface area contributed by atoms with Gasteiger partial charge < -0.3 is 9.52 Å². The zero-order chi connectivity index (χ0) is 12.7. The maximum absolute atomic E-state index is 10.2. The van der Waals surface area contributed by atoms with Crippen LogP contribution in [0.25, 0.3) is 11.0 Å². The maximum Gasteiger partial charge on any atom is 0.148 e. The summed E-state index contributed by atoms with van der Waals surface area (Å²) < 4.78 is 8.22. The Labute approximate surface area is 112 Å². The van der Waals surface area contributed by atoms with Gasteiger partial charge in [-0.2, -0.15) is 5.10 Å². The van der Waals surface area contributed by atoms with Gasteiger partial charge in [-0.25, -0.2) is 0 Å². The minimum absolute atomic E-state index is 0.518. The van der Waals surface area contributed by atoms with Crippen molar-refractivity contribution in [2.75, 3.05) is 0 Å². The zero-order valence-electron chi connectivity index (χ0n) is 9.67. The van der Waals surface area contributed by atoms with Crippen LogP contribution in [0.3, 0.4) is 0 Å². The second kappa shape index (κ2) is 4.26. The Balaban J connectivity index is 2.06. The van der Waals surface area contributed by atoms with E-state index >= 15 is 0 Å². The van der Waals surface area contributed by atoms with E-state index in [1.165, 1.54) is 0 Å². The molecule has 5 heteroatoms. The van der Waals surface area contributed by atoms with Gasteiger partial charge in [-0.1, -0.05) is 12.1 Å². The summed E-state index contributed by atoms with van der Waals surface area (Å²) in [6.07, 6.45) is 2.61. The molecule has 18 heavy (non-hydrogen) atoms. The van der Waals surface area contributed by atoms with Crippen molar-refractivity contribution >= 4 is 26.9 Å². The van der Waals surface area contributed by atoms with Crippen LogP contribution in [0.15, 0.2) is 45.5 Å². The topological polar surface area (TPSA) is 51.2 Å². The highest BCUT2D eigenvalue weighted by Crippen LogP contribution is 2.31. The van der Waals surface area contributed by atoms with Gasteiger partial charge in [0.15, 0.2) is 0 Å². The second-order valence-electron chi connectivity index (χ2n) is 4.16. The summed E-state index contributed by atoms with van der Waals surface area (Å²) in [5.41, 5.74) is 1.46. The van der Waals surface area contributed by atoms with Crippen LogP contribution in [-0.2, 0) is 7.05 Å². The number of furan rings is 1. The lowest BCUT2D eigenvalue weighted by Crippen LogP contribution is -1.96. The lowest BCUT2D eigenvalue weighted by molar-refractivity contribution is 0.192. The van der Waals surface area contributed by atoms with E-state index in [2.05, 4.69) is 21.0 Å². The standard InChI is InChI=1S/C13H11BrN2O2/c1-16-7-9(6-15-16)12(17)11-5-8-3-2-4-10(14)13(8)18-11/h2-7,12,17H,1H3.